The second-order valence-electron chi connectivity index (χ2n) is 6.01. The maximum absolute atomic E-state index is 12.8. The lowest BCUT2D eigenvalue weighted by molar-refractivity contribution is 0.337. The van der Waals surface area contributed by atoms with Crippen molar-refractivity contribution >= 4 is 33.1 Å². The Labute approximate surface area is 171 Å². The van der Waals surface area contributed by atoms with Gasteiger partial charge in [-0.25, -0.2) is 18.4 Å². The van der Waals surface area contributed by atoms with E-state index in [1.165, 1.54) is 25.4 Å². The molecule has 152 valence electrons. The zero-order chi connectivity index (χ0) is 20.6. The predicted molar refractivity (Wildman–Crippen MR) is 112 cm³/mol. The second kappa shape index (κ2) is 10.3. The summed E-state index contributed by atoms with van der Waals surface area (Å²) in [5, 5.41) is 0.148. The van der Waals surface area contributed by atoms with E-state index in [1.807, 2.05) is 0 Å². The van der Waals surface area contributed by atoms with Crippen molar-refractivity contribution in [3.8, 4) is 5.75 Å². The minimum atomic E-state index is -3.86. The highest BCUT2D eigenvalue weighted by Crippen LogP contribution is 2.21. The van der Waals surface area contributed by atoms with Crippen LogP contribution in [0.1, 0.15) is 44.5 Å². The monoisotopic (exact) mass is 423 g/mol. The topological polar surface area (TPSA) is 90.4 Å². The first-order valence-corrected chi connectivity index (χ1v) is 11.0. The van der Waals surface area contributed by atoms with Crippen LogP contribution in [0.5, 0.6) is 5.75 Å². The fourth-order valence-electron chi connectivity index (χ4n) is 2.45. The lowest BCUT2D eigenvalue weighted by atomic mass is 10.2. The minimum absolute atomic E-state index is 0.0905. The number of hydrogen-bond acceptors (Lipinski definition) is 7. The molecule has 0 aliphatic rings. The predicted octanol–water partition coefficient (Wildman–Crippen LogP) is 3.73. The number of hydrogen-bond donors (Lipinski definition) is 1. The molecule has 0 amide bonds. The molecule has 0 radical (unpaired) electrons. The molecule has 9 heteroatoms. The van der Waals surface area contributed by atoms with Gasteiger partial charge in [0.05, 0.1) is 24.2 Å². The molecular formula is C19H25N3O4S2. The summed E-state index contributed by atoms with van der Waals surface area (Å²) in [5.41, 5.74) is 0.341. The van der Waals surface area contributed by atoms with Crippen molar-refractivity contribution in [1.29, 1.82) is 0 Å². The summed E-state index contributed by atoms with van der Waals surface area (Å²) in [4.78, 5) is 8.80. The molecule has 0 fully saturated rings. The van der Waals surface area contributed by atoms with Gasteiger partial charge in [-0.2, -0.15) is 0 Å². The van der Waals surface area contributed by atoms with E-state index in [0.717, 1.165) is 19.3 Å². The van der Waals surface area contributed by atoms with Gasteiger partial charge in [0.1, 0.15) is 11.6 Å². The van der Waals surface area contributed by atoms with Crippen molar-refractivity contribution in [2.75, 3.05) is 18.4 Å². The normalized spacial score (nSPS) is 11.1. The molecule has 2 aromatic rings. The van der Waals surface area contributed by atoms with E-state index in [9.17, 15) is 8.42 Å². The van der Waals surface area contributed by atoms with Crippen LogP contribution in [-0.2, 0) is 21.2 Å². The maximum atomic E-state index is 12.8. The number of nitrogens with one attached hydrogen (secondary N) is 1. The van der Waals surface area contributed by atoms with Gasteiger partial charge in [0.25, 0.3) is 10.0 Å². The molecule has 1 aromatic heterocycles. The Bertz CT molecular complexity index is 900. The van der Waals surface area contributed by atoms with Gasteiger partial charge in [0.15, 0.2) is 10.9 Å². The first kappa shape index (κ1) is 22.0. The van der Waals surface area contributed by atoms with Crippen molar-refractivity contribution in [2.45, 2.75) is 44.4 Å². The van der Waals surface area contributed by atoms with Crippen LogP contribution in [-0.4, -0.2) is 37.2 Å². The smallest absolute Gasteiger partial charge is 0.263 e. The Hall–Kier alpha value is -2.26. The third-order valence-corrected chi connectivity index (χ3v) is 5.63. The first-order valence-electron chi connectivity index (χ1n) is 9.11. The molecule has 0 saturated heterocycles. The van der Waals surface area contributed by atoms with Gasteiger partial charge in [-0.15, -0.1) is 0 Å². The summed E-state index contributed by atoms with van der Waals surface area (Å²) in [6.07, 6.45) is 5.22. The molecule has 1 heterocycles. The number of sulfonamides is 1. The van der Waals surface area contributed by atoms with Crippen LogP contribution in [0.2, 0.25) is 0 Å². The van der Waals surface area contributed by atoms with Crippen molar-refractivity contribution < 1.29 is 17.9 Å². The van der Waals surface area contributed by atoms with E-state index >= 15 is 0 Å². The van der Waals surface area contributed by atoms with Crippen LogP contribution in [0.15, 0.2) is 35.4 Å². The number of nitrogens with zero attached hydrogens (tertiary/aromatic N) is 2. The molecule has 1 aromatic carbocycles. The highest BCUT2D eigenvalue weighted by molar-refractivity contribution is 7.92. The quantitative estimate of drug-likeness (QED) is 0.460. The van der Waals surface area contributed by atoms with Crippen LogP contribution in [0, 0.1) is 0 Å². The Balaban J connectivity index is 2.35. The molecule has 1 N–H and O–H groups in total. The highest BCUT2D eigenvalue weighted by Gasteiger charge is 2.20. The van der Waals surface area contributed by atoms with Crippen molar-refractivity contribution in [1.82, 2.24) is 9.97 Å². The number of benzene rings is 1. The van der Waals surface area contributed by atoms with Crippen molar-refractivity contribution in [3.05, 3.63) is 41.9 Å². The van der Waals surface area contributed by atoms with E-state index in [4.69, 9.17) is 21.7 Å². The molecule has 0 bridgehead atoms. The summed E-state index contributed by atoms with van der Waals surface area (Å²) in [6.45, 7) is 4.27. The van der Waals surface area contributed by atoms with Gasteiger partial charge in [-0.05, 0) is 49.8 Å². The van der Waals surface area contributed by atoms with Gasteiger partial charge < -0.3 is 9.47 Å². The molecule has 7 nitrogen and oxygen atoms in total. The Morgan fingerprint density at radius 2 is 1.89 bits per heavy atom. The number of aromatic nitrogens is 2. The lowest BCUT2D eigenvalue weighted by Crippen LogP contribution is -2.18. The molecule has 0 aliphatic carbocycles. The molecule has 0 saturated carbocycles. The number of aryl methyl sites for hydroxylation is 1. The molecular weight excluding hydrogens is 398 g/mol. The summed E-state index contributed by atoms with van der Waals surface area (Å²) in [5.74, 6) is 1.25. The van der Waals surface area contributed by atoms with Crippen LogP contribution in [0.4, 0.5) is 5.82 Å². The number of rotatable bonds is 10. The van der Waals surface area contributed by atoms with Crippen molar-refractivity contribution in [2.24, 2.45) is 0 Å². The minimum Gasteiger partial charge on any atom is -0.497 e. The van der Waals surface area contributed by atoms with Crippen LogP contribution < -0.4 is 9.46 Å². The summed E-state index contributed by atoms with van der Waals surface area (Å²) in [7, 11) is -2.34. The zero-order valence-corrected chi connectivity index (χ0v) is 17.9. The average Bonchev–Trinajstić information content (AvgIpc) is 2.68. The first-order chi connectivity index (χ1) is 13.4. The number of methoxy groups -OCH3 is 1. The standard InChI is InChI=1S/C19H25N3O4S2/c1-4-6-7-8-17-20-13-16(19(27)26-5-2)18(21-17)22-28(23,24)15-11-9-14(25-3)10-12-15/h9-13H,4-8H2,1-3H3,(H,20,21,22). The largest absolute Gasteiger partial charge is 0.497 e. The van der Waals surface area contributed by atoms with E-state index < -0.39 is 10.0 Å². The third-order valence-electron chi connectivity index (χ3n) is 3.94. The fourth-order valence-corrected chi connectivity index (χ4v) is 3.74. The molecule has 2 rings (SSSR count). The number of anilines is 1. The Morgan fingerprint density at radius 1 is 1.18 bits per heavy atom. The molecule has 0 atom stereocenters. The third kappa shape index (κ3) is 5.87. The Morgan fingerprint density at radius 3 is 2.50 bits per heavy atom. The van der Waals surface area contributed by atoms with Gasteiger partial charge in [-0.1, -0.05) is 19.8 Å². The van der Waals surface area contributed by atoms with Crippen LogP contribution >= 0.6 is 12.2 Å². The van der Waals surface area contributed by atoms with E-state index in [1.54, 1.807) is 19.1 Å². The van der Waals surface area contributed by atoms with Gasteiger partial charge in [-0.3, -0.25) is 4.72 Å². The summed E-state index contributed by atoms with van der Waals surface area (Å²) < 4.78 is 38.6. The number of unbranched alkanes of at least 4 members (excludes halogenated alkanes) is 2. The van der Waals surface area contributed by atoms with E-state index in [0.29, 0.717) is 30.2 Å². The second-order valence-corrected chi connectivity index (χ2v) is 8.06. The van der Waals surface area contributed by atoms with E-state index in [2.05, 4.69) is 21.6 Å². The van der Waals surface area contributed by atoms with E-state index in [-0.39, 0.29) is 15.8 Å². The fraction of sp³-hybridized carbons (Fsp3) is 0.421. The van der Waals surface area contributed by atoms with Crippen LogP contribution in [0.3, 0.4) is 0 Å². The number of thiocarbonyl (C=S) groups is 1. The Kier molecular flexibility index (Phi) is 8.13. The van der Waals surface area contributed by atoms with Gasteiger partial charge in [0.2, 0.25) is 0 Å². The molecule has 0 unspecified atom stereocenters. The molecule has 0 aliphatic heterocycles. The van der Waals surface area contributed by atoms with Gasteiger partial charge >= 0.3 is 0 Å². The SMILES string of the molecule is CCCCCc1ncc(C(=S)OCC)c(NS(=O)(=O)c2ccc(OC)cc2)n1. The van der Waals surface area contributed by atoms with Crippen LogP contribution in [0.25, 0.3) is 0 Å². The average molecular weight is 424 g/mol. The number of ether oxygens (including phenoxy) is 2. The summed E-state index contributed by atoms with van der Waals surface area (Å²) >= 11 is 5.24. The summed E-state index contributed by atoms with van der Waals surface area (Å²) in [6, 6.07) is 6.09. The van der Waals surface area contributed by atoms with Gasteiger partial charge in [0, 0.05) is 12.6 Å². The molecule has 0 spiro atoms. The highest BCUT2D eigenvalue weighted by atomic mass is 32.2. The zero-order valence-electron chi connectivity index (χ0n) is 16.3. The maximum Gasteiger partial charge on any atom is 0.263 e. The lowest BCUT2D eigenvalue weighted by Gasteiger charge is -2.14. The van der Waals surface area contributed by atoms with Crippen molar-refractivity contribution in [3.63, 3.8) is 0 Å². The molecule has 28 heavy (non-hydrogen) atoms.